The normalized spacial score (nSPS) is 11.8. The minimum atomic E-state index is -3.59. The summed E-state index contributed by atoms with van der Waals surface area (Å²) in [6.45, 7) is 4.21. The first-order chi connectivity index (χ1) is 11.0. The first kappa shape index (κ1) is 15.6. The zero-order valence-electron chi connectivity index (χ0n) is 13.2. The van der Waals surface area contributed by atoms with E-state index in [2.05, 4.69) is 18.6 Å². The first-order valence-corrected chi connectivity index (χ1v) is 9.05. The van der Waals surface area contributed by atoms with Gasteiger partial charge in [0.05, 0.1) is 4.90 Å². The highest BCUT2D eigenvalue weighted by molar-refractivity contribution is 7.92. The highest BCUT2D eigenvalue weighted by Crippen LogP contribution is 2.22. The van der Waals surface area contributed by atoms with Crippen LogP contribution in [0.2, 0.25) is 0 Å². The van der Waals surface area contributed by atoms with Gasteiger partial charge in [0.25, 0.3) is 10.0 Å². The SMILES string of the molecule is CC(C)c1ccc(NS(=O)(=O)c2ccc3ccccc3c2)cc1. The maximum atomic E-state index is 12.6. The molecule has 3 aromatic carbocycles. The molecule has 0 atom stereocenters. The molecule has 3 aromatic rings. The van der Waals surface area contributed by atoms with Crippen molar-refractivity contribution in [3.8, 4) is 0 Å². The Balaban J connectivity index is 1.90. The average molecular weight is 325 g/mol. The molecular formula is C19H19NO2S. The Hall–Kier alpha value is -2.33. The molecule has 0 fully saturated rings. The van der Waals surface area contributed by atoms with E-state index >= 15 is 0 Å². The van der Waals surface area contributed by atoms with Crippen LogP contribution in [-0.4, -0.2) is 8.42 Å². The molecule has 1 N–H and O–H groups in total. The van der Waals surface area contributed by atoms with E-state index in [-0.39, 0.29) is 4.90 Å². The van der Waals surface area contributed by atoms with Crippen molar-refractivity contribution in [3.05, 3.63) is 72.3 Å². The van der Waals surface area contributed by atoms with E-state index in [4.69, 9.17) is 0 Å². The number of benzene rings is 3. The van der Waals surface area contributed by atoms with E-state index in [1.165, 1.54) is 5.56 Å². The van der Waals surface area contributed by atoms with E-state index in [0.29, 0.717) is 11.6 Å². The van der Waals surface area contributed by atoms with Crippen molar-refractivity contribution in [2.75, 3.05) is 4.72 Å². The van der Waals surface area contributed by atoms with Crippen LogP contribution in [0.5, 0.6) is 0 Å². The van der Waals surface area contributed by atoms with Gasteiger partial charge in [0.2, 0.25) is 0 Å². The third-order valence-electron chi connectivity index (χ3n) is 3.86. The maximum Gasteiger partial charge on any atom is 0.261 e. The average Bonchev–Trinajstić information content (AvgIpc) is 2.54. The second-order valence-corrected chi connectivity index (χ2v) is 7.57. The number of rotatable bonds is 4. The molecule has 0 aromatic heterocycles. The van der Waals surface area contributed by atoms with Crippen LogP contribution < -0.4 is 4.72 Å². The molecule has 0 unspecified atom stereocenters. The lowest BCUT2D eigenvalue weighted by Crippen LogP contribution is -2.12. The summed E-state index contributed by atoms with van der Waals surface area (Å²) in [5.74, 6) is 0.418. The third-order valence-corrected chi connectivity index (χ3v) is 5.24. The molecule has 0 heterocycles. The largest absolute Gasteiger partial charge is 0.280 e. The van der Waals surface area contributed by atoms with Crippen molar-refractivity contribution in [2.45, 2.75) is 24.7 Å². The smallest absolute Gasteiger partial charge is 0.261 e. The Bertz CT molecular complexity index is 929. The molecule has 0 spiro atoms. The summed E-state index contributed by atoms with van der Waals surface area (Å²) < 4.78 is 27.7. The van der Waals surface area contributed by atoms with Crippen molar-refractivity contribution >= 4 is 26.5 Å². The molecule has 3 nitrogen and oxygen atoms in total. The van der Waals surface area contributed by atoms with E-state index in [9.17, 15) is 8.42 Å². The number of fused-ring (bicyclic) bond motifs is 1. The minimum absolute atomic E-state index is 0.268. The highest BCUT2D eigenvalue weighted by atomic mass is 32.2. The summed E-state index contributed by atoms with van der Waals surface area (Å²) in [6.07, 6.45) is 0. The molecule has 0 amide bonds. The molecule has 0 saturated heterocycles. The monoisotopic (exact) mass is 325 g/mol. The predicted molar refractivity (Wildman–Crippen MR) is 95.3 cm³/mol. The Morgan fingerprint density at radius 1 is 0.826 bits per heavy atom. The topological polar surface area (TPSA) is 46.2 Å². The van der Waals surface area contributed by atoms with Gasteiger partial charge in [-0.3, -0.25) is 4.72 Å². The van der Waals surface area contributed by atoms with Crippen LogP contribution in [-0.2, 0) is 10.0 Å². The quantitative estimate of drug-likeness (QED) is 0.751. The van der Waals surface area contributed by atoms with Crippen LogP contribution in [0.1, 0.15) is 25.3 Å². The van der Waals surface area contributed by atoms with Crippen molar-refractivity contribution in [2.24, 2.45) is 0 Å². The zero-order valence-corrected chi connectivity index (χ0v) is 14.0. The van der Waals surface area contributed by atoms with Gasteiger partial charge >= 0.3 is 0 Å². The van der Waals surface area contributed by atoms with Crippen LogP contribution in [0.25, 0.3) is 10.8 Å². The number of anilines is 1. The zero-order chi connectivity index (χ0) is 16.4. The van der Waals surface area contributed by atoms with Gasteiger partial charge in [0.1, 0.15) is 0 Å². The highest BCUT2D eigenvalue weighted by Gasteiger charge is 2.14. The molecular weight excluding hydrogens is 306 g/mol. The lowest BCUT2D eigenvalue weighted by Gasteiger charge is -2.11. The Labute approximate surface area is 137 Å². The second kappa shape index (κ2) is 6.05. The summed E-state index contributed by atoms with van der Waals surface area (Å²) in [5.41, 5.74) is 1.75. The molecule has 3 rings (SSSR count). The standard InChI is InChI=1S/C19H19NO2S/c1-14(2)15-7-10-18(11-8-15)20-23(21,22)19-12-9-16-5-3-4-6-17(16)13-19/h3-14,20H,1-2H3. The molecule has 0 aliphatic heterocycles. The Morgan fingerprint density at radius 3 is 2.13 bits per heavy atom. The van der Waals surface area contributed by atoms with Gasteiger partial charge < -0.3 is 0 Å². The van der Waals surface area contributed by atoms with Gasteiger partial charge in [-0.2, -0.15) is 0 Å². The fourth-order valence-electron chi connectivity index (χ4n) is 2.48. The molecule has 23 heavy (non-hydrogen) atoms. The van der Waals surface area contributed by atoms with Crippen molar-refractivity contribution < 1.29 is 8.42 Å². The number of sulfonamides is 1. The Morgan fingerprint density at radius 2 is 1.48 bits per heavy atom. The Kier molecular flexibility index (Phi) is 4.09. The van der Waals surface area contributed by atoms with E-state index in [1.807, 2.05) is 42.5 Å². The predicted octanol–water partition coefficient (Wildman–Crippen LogP) is 4.76. The van der Waals surface area contributed by atoms with Crippen molar-refractivity contribution in [1.29, 1.82) is 0 Å². The van der Waals surface area contributed by atoms with Crippen LogP contribution >= 0.6 is 0 Å². The van der Waals surface area contributed by atoms with E-state index in [1.54, 1.807) is 24.3 Å². The van der Waals surface area contributed by atoms with Crippen LogP contribution in [0.4, 0.5) is 5.69 Å². The number of hydrogen-bond donors (Lipinski definition) is 1. The summed E-state index contributed by atoms with van der Waals surface area (Å²) in [7, 11) is -3.59. The minimum Gasteiger partial charge on any atom is -0.280 e. The molecule has 4 heteroatoms. The van der Waals surface area contributed by atoms with Crippen LogP contribution in [0.15, 0.2) is 71.6 Å². The lowest BCUT2D eigenvalue weighted by atomic mass is 10.0. The fraction of sp³-hybridized carbons (Fsp3) is 0.158. The van der Waals surface area contributed by atoms with E-state index in [0.717, 1.165) is 10.8 Å². The van der Waals surface area contributed by atoms with Crippen LogP contribution in [0, 0.1) is 0 Å². The maximum absolute atomic E-state index is 12.6. The van der Waals surface area contributed by atoms with Gasteiger partial charge in [0, 0.05) is 5.69 Å². The number of nitrogens with one attached hydrogen (secondary N) is 1. The van der Waals surface area contributed by atoms with Gasteiger partial charge in [-0.15, -0.1) is 0 Å². The molecule has 0 aliphatic rings. The molecule has 0 bridgehead atoms. The van der Waals surface area contributed by atoms with Crippen molar-refractivity contribution in [3.63, 3.8) is 0 Å². The fourth-order valence-corrected chi connectivity index (χ4v) is 3.58. The molecule has 0 saturated carbocycles. The van der Waals surface area contributed by atoms with E-state index < -0.39 is 10.0 Å². The van der Waals surface area contributed by atoms with Crippen LogP contribution in [0.3, 0.4) is 0 Å². The third kappa shape index (κ3) is 3.37. The van der Waals surface area contributed by atoms with Crippen molar-refractivity contribution in [1.82, 2.24) is 0 Å². The number of hydrogen-bond acceptors (Lipinski definition) is 2. The van der Waals surface area contributed by atoms with Gasteiger partial charge in [-0.1, -0.05) is 56.3 Å². The summed E-state index contributed by atoms with van der Waals surface area (Å²) in [5, 5.41) is 1.93. The molecule has 0 aliphatic carbocycles. The summed E-state index contributed by atoms with van der Waals surface area (Å²) in [6, 6.07) is 20.4. The summed E-state index contributed by atoms with van der Waals surface area (Å²) >= 11 is 0. The lowest BCUT2D eigenvalue weighted by molar-refractivity contribution is 0.601. The summed E-state index contributed by atoms with van der Waals surface area (Å²) in [4.78, 5) is 0.268. The molecule has 118 valence electrons. The van der Waals surface area contributed by atoms with Gasteiger partial charge in [-0.05, 0) is 46.5 Å². The van der Waals surface area contributed by atoms with Gasteiger partial charge in [-0.25, -0.2) is 8.42 Å². The van der Waals surface area contributed by atoms with Gasteiger partial charge in [0.15, 0.2) is 0 Å². The molecule has 0 radical (unpaired) electrons. The first-order valence-electron chi connectivity index (χ1n) is 7.57. The second-order valence-electron chi connectivity index (χ2n) is 5.89.